The van der Waals surface area contributed by atoms with E-state index in [1.807, 2.05) is 13.8 Å². The highest BCUT2D eigenvalue weighted by Crippen LogP contribution is 2.38. The summed E-state index contributed by atoms with van der Waals surface area (Å²) in [7, 11) is 5.64. The number of ether oxygens (including phenoxy) is 2. The van der Waals surface area contributed by atoms with E-state index in [9.17, 15) is 4.79 Å². The van der Waals surface area contributed by atoms with Crippen molar-refractivity contribution in [3.63, 3.8) is 0 Å². The Morgan fingerprint density at radius 3 is 2.57 bits per heavy atom. The van der Waals surface area contributed by atoms with Crippen molar-refractivity contribution in [3.05, 3.63) is 29.7 Å². The number of halogens is 1. The van der Waals surface area contributed by atoms with Gasteiger partial charge in [-0.15, -0.1) is 0 Å². The van der Waals surface area contributed by atoms with Crippen molar-refractivity contribution < 1.29 is 18.7 Å². The zero-order valence-corrected chi connectivity index (χ0v) is 21.2. The molecule has 0 bridgehead atoms. The fourth-order valence-electron chi connectivity index (χ4n) is 4.83. The second-order valence-electron chi connectivity index (χ2n) is 9.16. The van der Waals surface area contributed by atoms with Gasteiger partial charge in [0.1, 0.15) is 11.6 Å². The lowest BCUT2D eigenvalue weighted by molar-refractivity contribution is 0.221. The molecule has 1 aromatic heterocycles. The number of amides is 2. The van der Waals surface area contributed by atoms with Gasteiger partial charge in [0.05, 0.1) is 25.9 Å². The van der Waals surface area contributed by atoms with Crippen molar-refractivity contribution in [3.8, 4) is 11.5 Å². The predicted octanol–water partition coefficient (Wildman–Crippen LogP) is 4.27. The smallest absolute Gasteiger partial charge is 0.330 e. The standard InChI is InChI=1S/C25H35FN6O3/c1-6-31-23-16(14-27-24(29-23)28-17-8-10-18(11-9-17)30(3)4)15-32(25(31)33)20-12-19(35-7-2)13-21(34-5)22(20)26/h12-14,17-18H,6-11,15H2,1-5H3,(H,27,28,29). The Kier molecular flexibility index (Phi) is 7.59. The summed E-state index contributed by atoms with van der Waals surface area (Å²) >= 11 is 0. The molecule has 35 heavy (non-hydrogen) atoms. The number of nitrogens with zero attached hydrogens (tertiary/aromatic N) is 5. The number of hydrogen-bond acceptors (Lipinski definition) is 7. The summed E-state index contributed by atoms with van der Waals surface area (Å²) in [6.45, 7) is 4.65. The summed E-state index contributed by atoms with van der Waals surface area (Å²) in [5.41, 5.74) is 0.843. The van der Waals surface area contributed by atoms with Crippen molar-refractivity contribution in [2.24, 2.45) is 0 Å². The van der Waals surface area contributed by atoms with Crippen LogP contribution in [0.15, 0.2) is 18.3 Å². The van der Waals surface area contributed by atoms with Gasteiger partial charge in [0.25, 0.3) is 0 Å². The zero-order valence-electron chi connectivity index (χ0n) is 21.2. The van der Waals surface area contributed by atoms with E-state index < -0.39 is 5.82 Å². The lowest BCUT2D eigenvalue weighted by Crippen LogP contribution is -2.48. The Balaban J connectivity index is 1.59. The molecule has 2 aromatic rings. The van der Waals surface area contributed by atoms with E-state index in [0.717, 1.165) is 31.2 Å². The van der Waals surface area contributed by atoms with Crippen LogP contribution in [0.4, 0.5) is 26.6 Å². The number of rotatable bonds is 8. The molecule has 190 valence electrons. The molecule has 1 N–H and O–H groups in total. The van der Waals surface area contributed by atoms with Crippen LogP contribution in [0.3, 0.4) is 0 Å². The van der Waals surface area contributed by atoms with Crippen LogP contribution < -0.4 is 24.6 Å². The fourth-order valence-corrected chi connectivity index (χ4v) is 4.83. The molecule has 1 aromatic carbocycles. The van der Waals surface area contributed by atoms with E-state index in [2.05, 4.69) is 29.3 Å². The maximum Gasteiger partial charge on any atom is 0.330 e. The summed E-state index contributed by atoms with van der Waals surface area (Å²) in [5.74, 6) is 0.912. The van der Waals surface area contributed by atoms with Crippen LogP contribution in [-0.4, -0.2) is 67.3 Å². The topological polar surface area (TPSA) is 83.1 Å². The Morgan fingerprint density at radius 1 is 1.20 bits per heavy atom. The molecular weight excluding hydrogens is 451 g/mol. The quantitative estimate of drug-likeness (QED) is 0.597. The Morgan fingerprint density at radius 2 is 1.94 bits per heavy atom. The van der Waals surface area contributed by atoms with E-state index in [1.165, 1.54) is 24.1 Å². The minimum absolute atomic E-state index is 0.0207. The van der Waals surface area contributed by atoms with Crippen LogP contribution in [0, 0.1) is 5.82 Å². The van der Waals surface area contributed by atoms with Gasteiger partial charge in [0.15, 0.2) is 11.6 Å². The number of anilines is 3. The molecule has 4 rings (SSSR count). The van der Waals surface area contributed by atoms with E-state index in [0.29, 0.717) is 42.8 Å². The van der Waals surface area contributed by atoms with Crippen molar-refractivity contribution in [1.82, 2.24) is 14.9 Å². The normalized spacial score (nSPS) is 20.1. The molecule has 0 spiro atoms. The molecule has 0 saturated heterocycles. The number of urea groups is 1. The van der Waals surface area contributed by atoms with Crippen LogP contribution in [0.5, 0.6) is 11.5 Å². The molecular formula is C25H35FN6O3. The maximum atomic E-state index is 15.2. The summed E-state index contributed by atoms with van der Waals surface area (Å²) in [6, 6.07) is 3.56. The number of hydrogen-bond donors (Lipinski definition) is 1. The summed E-state index contributed by atoms with van der Waals surface area (Å²) in [4.78, 5) is 27.9. The minimum Gasteiger partial charge on any atom is -0.494 e. The van der Waals surface area contributed by atoms with Crippen molar-refractivity contribution in [1.29, 1.82) is 0 Å². The molecule has 10 heteroatoms. The summed E-state index contributed by atoms with van der Waals surface area (Å²) in [6.07, 6.45) is 6.06. The minimum atomic E-state index is -0.615. The summed E-state index contributed by atoms with van der Waals surface area (Å²) < 4.78 is 26.0. The van der Waals surface area contributed by atoms with Gasteiger partial charge in [0.2, 0.25) is 5.95 Å². The third kappa shape index (κ3) is 5.12. The lowest BCUT2D eigenvalue weighted by atomic mass is 9.91. The van der Waals surface area contributed by atoms with Crippen molar-refractivity contribution >= 4 is 23.5 Å². The van der Waals surface area contributed by atoms with Gasteiger partial charge < -0.3 is 19.7 Å². The van der Waals surface area contributed by atoms with Crippen molar-refractivity contribution in [2.45, 2.75) is 58.2 Å². The number of aromatic nitrogens is 2. The zero-order chi connectivity index (χ0) is 25.1. The van der Waals surface area contributed by atoms with E-state index in [1.54, 1.807) is 11.1 Å². The fraction of sp³-hybridized carbons (Fsp3) is 0.560. The molecule has 2 amide bonds. The van der Waals surface area contributed by atoms with E-state index in [-0.39, 0.29) is 24.0 Å². The second kappa shape index (κ2) is 10.6. The highest BCUT2D eigenvalue weighted by atomic mass is 19.1. The number of benzene rings is 1. The highest BCUT2D eigenvalue weighted by Gasteiger charge is 2.35. The first-order valence-electron chi connectivity index (χ1n) is 12.2. The molecule has 1 aliphatic heterocycles. The molecule has 1 aliphatic carbocycles. The molecule has 1 fully saturated rings. The van der Waals surface area contributed by atoms with Gasteiger partial charge in [0, 0.05) is 42.5 Å². The number of carbonyl (C=O) groups excluding carboxylic acids is 1. The third-order valence-corrected chi connectivity index (χ3v) is 6.78. The predicted molar refractivity (Wildman–Crippen MR) is 134 cm³/mol. The van der Waals surface area contributed by atoms with Gasteiger partial charge in [-0.25, -0.2) is 14.2 Å². The van der Waals surface area contributed by atoms with Gasteiger partial charge in [-0.1, -0.05) is 0 Å². The third-order valence-electron chi connectivity index (χ3n) is 6.78. The maximum absolute atomic E-state index is 15.2. The first kappa shape index (κ1) is 25.0. The average Bonchev–Trinajstić information content (AvgIpc) is 2.85. The molecule has 0 atom stereocenters. The van der Waals surface area contributed by atoms with Crippen LogP contribution >= 0.6 is 0 Å². The Labute approximate surface area is 206 Å². The number of methoxy groups -OCH3 is 1. The largest absolute Gasteiger partial charge is 0.494 e. The first-order valence-corrected chi connectivity index (χ1v) is 12.2. The van der Waals surface area contributed by atoms with Crippen LogP contribution in [0.25, 0.3) is 0 Å². The molecule has 9 nitrogen and oxygen atoms in total. The number of carbonyl (C=O) groups is 1. The molecule has 2 aliphatic rings. The lowest BCUT2D eigenvalue weighted by Gasteiger charge is -2.36. The van der Waals surface area contributed by atoms with Gasteiger partial charge in [-0.2, -0.15) is 4.98 Å². The molecule has 1 saturated carbocycles. The molecule has 0 radical (unpaired) electrons. The first-order chi connectivity index (χ1) is 16.9. The van der Waals surface area contributed by atoms with Gasteiger partial charge in [-0.3, -0.25) is 9.80 Å². The van der Waals surface area contributed by atoms with Gasteiger partial charge in [-0.05, 0) is 53.6 Å². The van der Waals surface area contributed by atoms with E-state index in [4.69, 9.17) is 14.5 Å². The van der Waals surface area contributed by atoms with Crippen LogP contribution in [-0.2, 0) is 6.54 Å². The number of nitrogens with one attached hydrogen (secondary N) is 1. The monoisotopic (exact) mass is 486 g/mol. The van der Waals surface area contributed by atoms with Crippen LogP contribution in [0.2, 0.25) is 0 Å². The molecule has 2 heterocycles. The number of fused-ring (bicyclic) bond motifs is 1. The van der Waals surface area contributed by atoms with Crippen LogP contribution in [0.1, 0.15) is 45.1 Å². The average molecular weight is 487 g/mol. The SMILES string of the molecule is CCOc1cc(OC)c(F)c(N2Cc3cnc(NC4CCC(N(C)C)CC4)nc3N(CC)C2=O)c1. The van der Waals surface area contributed by atoms with E-state index >= 15 is 4.39 Å². The van der Waals surface area contributed by atoms with Crippen molar-refractivity contribution in [2.75, 3.05) is 49.5 Å². The summed E-state index contributed by atoms with van der Waals surface area (Å²) in [5, 5.41) is 3.45. The Hall–Kier alpha value is -3.14. The van der Waals surface area contributed by atoms with Gasteiger partial charge >= 0.3 is 6.03 Å². The highest BCUT2D eigenvalue weighted by molar-refractivity contribution is 6.05. The second-order valence-corrected chi connectivity index (χ2v) is 9.16. The molecule has 0 unspecified atom stereocenters. The Bertz CT molecular complexity index is 1060.